The lowest BCUT2D eigenvalue weighted by Crippen LogP contribution is -2.52. The molecule has 28 heavy (non-hydrogen) atoms. The van der Waals surface area contributed by atoms with Gasteiger partial charge in [0.05, 0.1) is 6.04 Å². The van der Waals surface area contributed by atoms with Crippen molar-refractivity contribution in [1.29, 1.82) is 0 Å². The van der Waals surface area contributed by atoms with E-state index in [2.05, 4.69) is 30.8 Å². The van der Waals surface area contributed by atoms with Crippen LogP contribution in [0, 0.1) is 16.7 Å². The molecular weight excluding hydrogens is 346 g/mol. The number of amides is 1. The van der Waals surface area contributed by atoms with Crippen LogP contribution in [-0.4, -0.2) is 21.7 Å². The van der Waals surface area contributed by atoms with E-state index in [1.807, 2.05) is 0 Å². The number of hydrogen-bond acceptors (Lipinski definition) is 2. The molecule has 3 saturated carbocycles. The van der Waals surface area contributed by atoms with Gasteiger partial charge in [0.1, 0.15) is 0 Å². The molecule has 4 nitrogen and oxygen atoms in total. The van der Waals surface area contributed by atoms with Crippen molar-refractivity contribution in [3.05, 3.63) is 17.0 Å². The van der Waals surface area contributed by atoms with Crippen molar-refractivity contribution in [3.63, 3.8) is 0 Å². The molecule has 0 aliphatic heterocycles. The molecule has 1 heterocycles. The van der Waals surface area contributed by atoms with Crippen molar-refractivity contribution in [1.82, 2.24) is 15.1 Å². The summed E-state index contributed by atoms with van der Waals surface area (Å²) in [6.45, 7) is 7.12. The molecule has 4 heteroatoms. The Morgan fingerprint density at radius 3 is 2.50 bits per heavy atom. The average Bonchev–Trinajstić information content (AvgIpc) is 3.33. The number of nitrogens with one attached hydrogen (secondary N) is 1. The summed E-state index contributed by atoms with van der Waals surface area (Å²) >= 11 is 0. The second-order valence-corrected chi connectivity index (χ2v) is 11.0. The summed E-state index contributed by atoms with van der Waals surface area (Å²) in [4.78, 5) is 13.5. The molecule has 0 radical (unpaired) electrons. The molecule has 3 unspecified atom stereocenters. The van der Waals surface area contributed by atoms with Crippen molar-refractivity contribution in [2.45, 2.75) is 110 Å². The lowest BCUT2D eigenvalue weighted by atomic mass is 9.68. The Balaban J connectivity index is 1.44. The molecule has 1 N–H and O–H groups in total. The number of carbonyl (C=O) groups is 1. The molecule has 2 bridgehead atoms. The van der Waals surface area contributed by atoms with E-state index < -0.39 is 0 Å². The van der Waals surface area contributed by atoms with E-state index in [1.54, 1.807) is 0 Å². The van der Waals surface area contributed by atoms with Gasteiger partial charge in [-0.25, -0.2) is 0 Å². The Kier molecular flexibility index (Phi) is 4.41. The monoisotopic (exact) mass is 383 g/mol. The summed E-state index contributed by atoms with van der Waals surface area (Å²) in [5.74, 6) is 0.844. The minimum atomic E-state index is 0.0968. The highest BCUT2D eigenvalue weighted by molar-refractivity contribution is 5.94. The normalized spacial score (nSPS) is 34.4. The second kappa shape index (κ2) is 6.60. The van der Waals surface area contributed by atoms with Crippen molar-refractivity contribution >= 4 is 5.91 Å². The van der Waals surface area contributed by atoms with Crippen molar-refractivity contribution in [2.75, 3.05) is 0 Å². The molecule has 5 rings (SSSR count). The van der Waals surface area contributed by atoms with Crippen LogP contribution < -0.4 is 5.32 Å². The fourth-order valence-electron chi connectivity index (χ4n) is 7.30. The molecule has 1 aromatic heterocycles. The summed E-state index contributed by atoms with van der Waals surface area (Å²) in [5.41, 5.74) is 3.84. The molecule has 4 aliphatic rings. The third-order valence-corrected chi connectivity index (χ3v) is 8.89. The highest BCUT2D eigenvalue weighted by atomic mass is 16.2. The standard InChI is InChI=1S/C24H37N3O/c1-23(2)16-13-14-24(3,15-16)22(23)25-21(28)20-18-11-7-8-12-19(18)27(26-20)17-9-5-4-6-10-17/h16-17,22H,4-15H2,1-3H3,(H,25,28). The average molecular weight is 384 g/mol. The van der Waals surface area contributed by atoms with Crippen LogP contribution in [0.15, 0.2) is 0 Å². The van der Waals surface area contributed by atoms with Crippen LogP contribution in [0.1, 0.15) is 113 Å². The van der Waals surface area contributed by atoms with E-state index in [1.165, 1.54) is 75.5 Å². The second-order valence-electron chi connectivity index (χ2n) is 11.0. The maximum Gasteiger partial charge on any atom is 0.272 e. The molecule has 4 aliphatic carbocycles. The number of carbonyl (C=O) groups excluding carboxylic acids is 1. The van der Waals surface area contributed by atoms with Crippen molar-refractivity contribution in [3.8, 4) is 0 Å². The van der Waals surface area contributed by atoms with Gasteiger partial charge in [0.25, 0.3) is 5.91 Å². The van der Waals surface area contributed by atoms with Gasteiger partial charge in [0.15, 0.2) is 5.69 Å². The van der Waals surface area contributed by atoms with E-state index in [0.717, 1.165) is 24.5 Å². The quantitative estimate of drug-likeness (QED) is 0.778. The van der Waals surface area contributed by atoms with Crippen LogP contribution in [0.4, 0.5) is 0 Å². The topological polar surface area (TPSA) is 46.9 Å². The van der Waals surface area contributed by atoms with Gasteiger partial charge in [-0.3, -0.25) is 9.48 Å². The zero-order valence-electron chi connectivity index (χ0n) is 18.0. The predicted octanol–water partition coefficient (Wildman–Crippen LogP) is 5.21. The number of aromatic nitrogens is 2. The van der Waals surface area contributed by atoms with Crippen LogP contribution >= 0.6 is 0 Å². The third-order valence-electron chi connectivity index (χ3n) is 8.89. The van der Waals surface area contributed by atoms with Crippen LogP contribution in [0.25, 0.3) is 0 Å². The van der Waals surface area contributed by atoms with Gasteiger partial charge in [0, 0.05) is 17.3 Å². The number of hydrogen-bond donors (Lipinski definition) is 1. The first-order valence-corrected chi connectivity index (χ1v) is 11.8. The van der Waals surface area contributed by atoms with Crippen LogP contribution in [0.3, 0.4) is 0 Å². The molecule has 1 aromatic rings. The molecule has 3 atom stereocenters. The van der Waals surface area contributed by atoms with Crippen molar-refractivity contribution < 1.29 is 4.79 Å². The highest BCUT2D eigenvalue weighted by Gasteiger charge is 2.59. The SMILES string of the molecule is CC12CCC(C1)C(C)(C)C2NC(=O)c1nn(C2CCCCC2)c2c1CCCC2. The summed E-state index contributed by atoms with van der Waals surface area (Å²) < 4.78 is 2.29. The molecule has 0 aromatic carbocycles. The van der Waals surface area contributed by atoms with Gasteiger partial charge in [-0.05, 0) is 74.5 Å². The van der Waals surface area contributed by atoms with E-state index >= 15 is 0 Å². The first-order valence-electron chi connectivity index (χ1n) is 11.8. The molecule has 0 saturated heterocycles. The Bertz CT molecular complexity index is 768. The van der Waals surface area contributed by atoms with Gasteiger partial charge < -0.3 is 5.32 Å². The third kappa shape index (κ3) is 2.77. The van der Waals surface area contributed by atoms with E-state index in [4.69, 9.17) is 5.10 Å². The van der Waals surface area contributed by atoms with Gasteiger partial charge in [-0.1, -0.05) is 40.0 Å². The Morgan fingerprint density at radius 1 is 1.04 bits per heavy atom. The minimum absolute atomic E-state index is 0.0968. The first kappa shape index (κ1) is 18.7. The maximum atomic E-state index is 13.5. The fraction of sp³-hybridized carbons (Fsp3) is 0.833. The summed E-state index contributed by atoms with van der Waals surface area (Å²) in [5, 5.41) is 8.50. The lowest BCUT2D eigenvalue weighted by Gasteiger charge is -2.43. The first-order chi connectivity index (χ1) is 13.4. The lowest BCUT2D eigenvalue weighted by molar-refractivity contribution is 0.0731. The molecule has 0 spiro atoms. The van der Waals surface area contributed by atoms with Gasteiger partial charge in [0.2, 0.25) is 0 Å². The number of nitrogens with zero attached hydrogens (tertiary/aromatic N) is 2. The largest absolute Gasteiger partial charge is 0.347 e. The van der Waals surface area contributed by atoms with E-state index in [0.29, 0.717) is 6.04 Å². The van der Waals surface area contributed by atoms with E-state index in [-0.39, 0.29) is 22.8 Å². The molecular formula is C24H37N3O. The zero-order chi connectivity index (χ0) is 19.5. The minimum Gasteiger partial charge on any atom is -0.347 e. The highest BCUT2D eigenvalue weighted by Crippen LogP contribution is 2.62. The van der Waals surface area contributed by atoms with Gasteiger partial charge >= 0.3 is 0 Å². The predicted molar refractivity (Wildman–Crippen MR) is 111 cm³/mol. The molecule has 1 amide bonds. The zero-order valence-corrected chi connectivity index (χ0v) is 18.0. The summed E-state index contributed by atoms with van der Waals surface area (Å²) in [6.07, 6.45) is 14.8. The van der Waals surface area contributed by atoms with Crippen LogP contribution in [-0.2, 0) is 12.8 Å². The maximum absolute atomic E-state index is 13.5. The van der Waals surface area contributed by atoms with Crippen molar-refractivity contribution in [2.24, 2.45) is 16.7 Å². The van der Waals surface area contributed by atoms with Gasteiger partial charge in [-0.2, -0.15) is 5.10 Å². The fourth-order valence-corrected chi connectivity index (χ4v) is 7.30. The smallest absolute Gasteiger partial charge is 0.272 e. The number of fused-ring (bicyclic) bond motifs is 3. The Morgan fingerprint density at radius 2 is 1.79 bits per heavy atom. The van der Waals surface area contributed by atoms with Crippen LogP contribution in [0.5, 0.6) is 0 Å². The Labute approximate surface area is 169 Å². The Hall–Kier alpha value is -1.32. The number of rotatable bonds is 3. The molecule has 3 fully saturated rings. The van der Waals surface area contributed by atoms with E-state index in [9.17, 15) is 4.79 Å². The van der Waals surface area contributed by atoms with Crippen LogP contribution in [0.2, 0.25) is 0 Å². The summed E-state index contributed by atoms with van der Waals surface area (Å²) in [7, 11) is 0. The summed E-state index contributed by atoms with van der Waals surface area (Å²) in [6, 6.07) is 0.781. The molecule has 154 valence electrons. The van der Waals surface area contributed by atoms with Gasteiger partial charge in [-0.15, -0.1) is 0 Å².